The molecule has 10 heteroatoms. The maximum atomic E-state index is 12.7. The average Bonchev–Trinajstić information content (AvgIpc) is 3.36. The van der Waals surface area contributed by atoms with E-state index in [2.05, 4.69) is 31.2 Å². The zero-order valence-electron chi connectivity index (χ0n) is 24.8. The quantitative estimate of drug-likeness (QED) is 0.343. The Balaban J connectivity index is 1.59. The first-order valence-electron chi connectivity index (χ1n) is 13.9. The largest absolute Gasteiger partial charge is 0.489 e. The van der Waals surface area contributed by atoms with Crippen LogP contribution in [0.15, 0.2) is 54.7 Å². The van der Waals surface area contributed by atoms with E-state index in [9.17, 15) is 14.7 Å². The van der Waals surface area contributed by atoms with Crippen molar-refractivity contribution in [1.29, 1.82) is 0 Å². The van der Waals surface area contributed by atoms with E-state index in [1.807, 2.05) is 67.9 Å². The number of hydrogen-bond donors (Lipinski definition) is 2. The molecule has 1 fully saturated rings. The molecule has 1 aliphatic rings. The lowest BCUT2D eigenvalue weighted by atomic mass is 9.74. The average molecular weight is 564 g/mol. The number of amides is 1. The Bertz CT molecular complexity index is 1350. The molecule has 10 nitrogen and oxygen atoms in total. The van der Waals surface area contributed by atoms with Gasteiger partial charge < -0.3 is 24.8 Å². The maximum absolute atomic E-state index is 12.7. The number of rotatable bonds is 8. The molecule has 0 spiro atoms. The van der Waals surface area contributed by atoms with Crippen molar-refractivity contribution in [2.24, 2.45) is 5.41 Å². The second-order valence-corrected chi connectivity index (χ2v) is 12.6. The molecule has 0 saturated carbocycles. The van der Waals surface area contributed by atoms with Crippen molar-refractivity contribution in [3.63, 3.8) is 0 Å². The summed E-state index contributed by atoms with van der Waals surface area (Å²) >= 11 is 0. The Kier molecular flexibility index (Phi) is 8.60. The zero-order chi connectivity index (χ0) is 29.8. The molecule has 0 atom stereocenters. The van der Waals surface area contributed by atoms with E-state index >= 15 is 0 Å². The summed E-state index contributed by atoms with van der Waals surface area (Å²) in [7, 11) is 0. The topological polar surface area (TPSA) is 119 Å². The van der Waals surface area contributed by atoms with Crippen molar-refractivity contribution >= 4 is 23.7 Å². The van der Waals surface area contributed by atoms with E-state index in [0.29, 0.717) is 37.0 Å². The maximum Gasteiger partial charge on any atom is 0.410 e. The fourth-order valence-electron chi connectivity index (χ4n) is 4.86. The van der Waals surface area contributed by atoms with E-state index in [1.165, 1.54) is 0 Å². The van der Waals surface area contributed by atoms with Crippen LogP contribution in [0.25, 0.3) is 0 Å². The van der Waals surface area contributed by atoms with Gasteiger partial charge in [-0.05, 0) is 59.9 Å². The van der Waals surface area contributed by atoms with Crippen molar-refractivity contribution in [2.45, 2.75) is 78.6 Å². The molecule has 1 saturated heterocycles. The van der Waals surface area contributed by atoms with E-state index in [0.717, 1.165) is 11.4 Å². The van der Waals surface area contributed by atoms with Crippen LogP contribution in [0.3, 0.4) is 0 Å². The number of benzene rings is 1. The van der Waals surface area contributed by atoms with Crippen LogP contribution in [0.4, 0.5) is 16.4 Å². The molecule has 0 unspecified atom stereocenters. The van der Waals surface area contributed by atoms with Crippen LogP contribution in [0, 0.1) is 5.41 Å². The molecule has 3 aromatic rings. The van der Waals surface area contributed by atoms with E-state index in [1.54, 1.807) is 17.2 Å². The molecule has 0 bridgehead atoms. The number of carboxylic acid groups (broad SMARTS) is 1. The number of aromatic nitrogens is 3. The van der Waals surface area contributed by atoms with Gasteiger partial charge in [-0.25, -0.2) is 14.5 Å². The normalized spacial score (nSPS) is 15.3. The number of hydrogen-bond acceptors (Lipinski definition) is 7. The molecule has 2 N–H and O–H groups in total. The summed E-state index contributed by atoms with van der Waals surface area (Å²) in [5.41, 5.74) is -0.343. The first-order valence-corrected chi connectivity index (χ1v) is 13.9. The molecule has 1 aromatic carbocycles. The lowest BCUT2D eigenvalue weighted by Gasteiger charge is -2.39. The van der Waals surface area contributed by atoms with Gasteiger partial charge in [0.2, 0.25) is 0 Å². The van der Waals surface area contributed by atoms with Crippen LogP contribution in [0.5, 0.6) is 5.75 Å². The highest BCUT2D eigenvalue weighted by atomic mass is 16.6. The van der Waals surface area contributed by atoms with Gasteiger partial charge >= 0.3 is 12.1 Å². The number of carbonyl (C=O) groups excluding carboxylic acids is 1. The van der Waals surface area contributed by atoms with Crippen LogP contribution in [0.2, 0.25) is 0 Å². The number of carboxylic acids is 1. The number of likely N-dealkylation sites (tertiary alicyclic amines) is 1. The van der Waals surface area contributed by atoms with Crippen LogP contribution in [-0.4, -0.2) is 55.5 Å². The predicted octanol–water partition coefficient (Wildman–Crippen LogP) is 6.00. The number of aliphatic carboxylic acids is 1. The van der Waals surface area contributed by atoms with Crippen molar-refractivity contribution in [3.8, 4) is 5.75 Å². The van der Waals surface area contributed by atoms with Gasteiger partial charge in [-0.15, -0.1) is 0 Å². The fraction of sp³-hybridized carbons (Fsp3) is 0.484. The second-order valence-electron chi connectivity index (χ2n) is 12.6. The third kappa shape index (κ3) is 7.77. The first-order chi connectivity index (χ1) is 19.2. The molecular formula is C31H41N5O5. The number of anilines is 2. The number of piperidine rings is 1. The van der Waals surface area contributed by atoms with Crippen molar-refractivity contribution in [2.75, 3.05) is 18.4 Å². The van der Waals surface area contributed by atoms with Crippen molar-refractivity contribution in [1.82, 2.24) is 19.7 Å². The molecule has 0 radical (unpaired) electrons. The van der Waals surface area contributed by atoms with Gasteiger partial charge in [-0.1, -0.05) is 30.3 Å². The van der Waals surface area contributed by atoms with Gasteiger partial charge in [0.1, 0.15) is 29.6 Å². The standard InChI is InChI=1S/C31H41N5O5/c1-29(2,3)36-26(12-15-32-36)34-25-19-24(40-21-22-10-8-7-9-11-22)18-23(33-25)20-31(27(37)38)13-16-35(17-14-31)28(39)41-30(4,5)6/h7-12,15,18-19H,13-14,16-17,20-21H2,1-6H3,(H,33,34)(H,37,38). The van der Waals surface area contributed by atoms with Crippen LogP contribution in [-0.2, 0) is 28.1 Å². The van der Waals surface area contributed by atoms with Gasteiger partial charge in [0, 0.05) is 43.4 Å². The number of pyridine rings is 1. The summed E-state index contributed by atoms with van der Waals surface area (Å²) in [6.45, 7) is 12.6. The molecule has 1 aliphatic heterocycles. The highest BCUT2D eigenvalue weighted by Gasteiger charge is 2.43. The number of nitrogens with zero attached hydrogens (tertiary/aromatic N) is 4. The molecule has 4 rings (SSSR count). The van der Waals surface area contributed by atoms with Crippen LogP contribution in [0.1, 0.15) is 65.6 Å². The Morgan fingerprint density at radius 3 is 2.32 bits per heavy atom. The summed E-state index contributed by atoms with van der Waals surface area (Å²) < 4.78 is 13.5. The van der Waals surface area contributed by atoms with Gasteiger partial charge in [0.05, 0.1) is 17.2 Å². The van der Waals surface area contributed by atoms with Crippen LogP contribution >= 0.6 is 0 Å². The minimum Gasteiger partial charge on any atom is -0.489 e. The molecule has 220 valence electrons. The van der Waals surface area contributed by atoms with Crippen molar-refractivity contribution < 1.29 is 24.2 Å². The van der Waals surface area contributed by atoms with E-state index in [4.69, 9.17) is 14.5 Å². The number of nitrogens with one attached hydrogen (secondary N) is 1. The van der Waals surface area contributed by atoms with Crippen LogP contribution < -0.4 is 10.1 Å². The summed E-state index contributed by atoms with van der Waals surface area (Å²) in [5, 5.41) is 18.2. The van der Waals surface area contributed by atoms with Gasteiger partial charge in [0.15, 0.2) is 0 Å². The fourth-order valence-corrected chi connectivity index (χ4v) is 4.86. The Labute approximate surface area is 241 Å². The molecule has 41 heavy (non-hydrogen) atoms. The molecule has 0 aliphatic carbocycles. The minimum absolute atomic E-state index is 0.195. The molecular weight excluding hydrogens is 522 g/mol. The summed E-state index contributed by atoms with van der Waals surface area (Å²) in [6, 6.07) is 15.3. The Morgan fingerprint density at radius 1 is 1.02 bits per heavy atom. The van der Waals surface area contributed by atoms with Gasteiger partial charge in [-0.3, -0.25) is 4.79 Å². The third-order valence-electron chi connectivity index (χ3n) is 6.98. The summed E-state index contributed by atoms with van der Waals surface area (Å²) in [6.07, 6.45) is 2.07. The third-order valence-corrected chi connectivity index (χ3v) is 6.98. The van der Waals surface area contributed by atoms with E-state index < -0.39 is 23.1 Å². The highest BCUT2D eigenvalue weighted by Crippen LogP contribution is 2.37. The minimum atomic E-state index is -1.08. The Hall–Kier alpha value is -4.08. The lowest BCUT2D eigenvalue weighted by Crippen LogP contribution is -2.48. The van der Waals surface area contributed by atoms with Crippen molar-refractivity contribution in [3.05, 3.63) is 66.0 Å². The first kappa shape index (κ1) is 29.9. The summed E-state index contributed by atoms with van der Waals surface area (Å²) in [4.78, 5) is 31.6. The van der Waals surface area contributed by atoms with Gasteiger partial charge in [0.25, 0.3) is 0 Å². The highest BCUT2D eigenvalue weighted by molar-refractivity contribution is 5.76. The predicted molar refractivity (Wildman–Crippen MR) is 156 cm³/mol. The second kappa shape index (κ2) is 11.8. The smallest absolute Gasteiger partial charge is 0.410 e. The van der Waals surface area contributed by atoms with Gasteiger partial charge in [-0.2, -0.15) is 5.10 Å². The van der Waals surface area contributed by atoms with E-state index in [-0.39, 0.29) is 24.8 Å². The number of ether oxygens (including phenoxy) is 2. The molecule has 3 heterocycles. The monoisotopic (exact) mass is 563 g/mol. The summed E-state index contributed by atoms with van der Waals surface area (Å²) in [5.74, 6) is 0.965. The Morgan fingerprint density at radius 2 is 1.71 bits per heavy atom. The SMILES string of the molecule is CC(C)(C)OC(=O)N1CCC(Cc2cc(OCc3ccccc3)cc(Nc3ccnn3C(C)(C)C)n2)(C(=O)O)CC1. The number of carbonyl (C=O) groups is 2. The molecule has 2 aromatic heterocycles. The zero-order valence-corrected chi connectivity index (χ0v) is 24.8. The molecule has 1 amide bonds. The lowest BCUT2D eigenvalue weighted by molar-refractivity contribution is -0.152.